The van der Waals surface area contributed by atoms with E-state index in [1.54, 1.807) is 6.07 Å². The summed E-state index contributed by atoms with van der Waals surface area (Å²) in [5.74, 6) is 0.257. The van der Waals surface area contributed by atoms with Gasteiger partial charge in [0.15, 0.2) is 0 Å². The molecule has 0 saturated carbocycles. The van der Waals surface area contributed by atoms with Crippen molar-refractivity contribution < 1.29 is 4.79 Å². The second-order valence-corrected chi connectivity index (χ2v) is 8.51. The number of hydrogen-bond donors (Lipinski definition) is 1. The summed E-state index contributed by atoms with van der Waals surface area (Å²) in [5.41, 5.74) is 3.49. The molecule has 1 saturated heterocycles. The van der Waals surface area contributed by atoms with Crippen molar-refractivity contribution in [1.82, 2.24) is 10.2 Å². The average molecular weight is 419 g/mol. The first kappa shape index (κ1) is 21.2. The molecule has 1 fully saturated rings. The predicted octanol–water partition coefficient (Wildman–Crippen LogP) is 5.78. The Morgan fingerprint density at radius 2 is 1.82 bits per heavy atom. The number of aryl methyl sites for hydroxylation is 1. The van der Waals surface area contributed by atoms with Crippen LogP contribution in [-0.4, -0.2) is 23.9 Å². The molecule has 1 atom stereocenters. The van der Waals surface area contributed by atoms with Gasteiger partial charge in [0.25, 0.3) is 0 Å². The van der Waals surface area contributed by atoms with Crippen LogP contribution in [0.1, 0.15) is 48.9 Å². The number of likely N-dealkylation sites (tertiary alicyclic amines) is 1. The van der Waals surface area contributed by atoms with E-state index in [0.717, 1.165) is 44.5 Å². The van der Waals surface area contributed by atoms with E-state index in [-0.39, 0.29) is 17.9 Å². The SMILES string of the molecule is CCC(NC(=O)C1CCN(Cc2ccc(Cl)cc2Cl)CC1)c1ccc(C)cc1. The fraction of sp³-hybridized carbons (Fsp3) is 0.435. The van der Waals surface area contributed by atoms with E-state index < -0.39 is 0 Å². The van der Waals surface area contributed by atoms with Crippen LogP contribution >= 0.6 is 23.2 Å². The molecule has 5 heteroatoms. The van der Waals surface area contributed by atoms with Crippen molar-refractivity contribution in [2.24, 2.45) is 5.92 Å². The van der Waals surface area contributed by atoms with Crippen LogP contribution < -0.4 is 5.32 Å². The zero-order valence-corrected chi connectivity index (χ0v) is 18.1. The molecule has 1 aliphatic rings. The molecule has 0 bridgehead atoms. The minimum Gasteiger partial charge on any atom is -0.349 e. The van der Waals surface area contributed by atoms with E-state index in [0.29, 0.717) is 10.0 Å². The van der Waals surface area contributed by atoms with E-state index in [1.165, 1.54) is 11.1 Å². The van der Waals surface area contributed by atoms with E-state index >= 15 is 0 Å². The second-order valence-electron chi connectivity index (χ2n) is 7.67. The highest BCUT2D eigenvalue weighted by Crippen LogP contribution is 2.26. The van der Waals surface area contributed by atoms with Gasteiger partial charge in [-0.1, -0.05) is 66.0 Å². The Hall–Kier alpha value is -1.55. The first-order chi connectivity index (χ1) is 13.5. The molecule has 2 aromatic carbocycles. The number of amides is 1. The number of halogens is 2. The quantitative estimate of drug-likeness (QED) is 0.644. The van der Waals surface area contributed by atoms with Crippen molar-refractivity contribution in [3.63, 3.8) is 0 Å². The molecule has 3 nitrogen and oxygen atoms in total. The lowest BCUT2D eigenvalue weighted by Gasteiger charge is -2.32. The van der Waals surface area contributed by atoms with E-state index in [9.17, 15) is 4.79 Å². The Labute approximate surface area is 178 Å². The van der Waals surface area contributed by atoms with Crippen molar-refractivity contribution in [3.05, 3.63) is 69.2 Å². The highest BCUT2D eigenvalue weighted by atomic mass is 35.5. The van der Waals surface area contributed by atoms with Crippen molar-refractivity contribution in [3.8, 4) is 0 Å². The van der Waals surface area contributed by atoms with Gasteiger partial charge in [-0.05, 0) is 62.5 Å². The fourth-order valence-electron chi connectivity index (χ4n) is 3.75. The Kier molecular flexibility index (Phi) is 7.39. The van der Waals surface area contributed by atoms with Gasteiger partial charge in [-0.15, -0.1) is 0 Å². The molecule has 0 radical (unpaired) electrons. The van der Waals surface area contributed by atoms with Gasteiger partial charge in [-0.25, -0.2) is 0 Å². The summed E-state index contributed by atoms with van der Waals surface area (Å²) in [4.78, 5) is 15.2. The summed E-state index contributed by atoms with van der Waals surface area (Å²) in [7, 11) is 0. The predicted molar refractivity (Wildman–Crippen MR) is 117 cm³/mol. The standard InChI is InChI=1S/C23H28Cl2N2O/c1-3-22(17-6-4-16(2)5-7-17)26-23(28)18-10-12-27(13-11-18)15-19-8-9-20(24)14-21(19)25/h4-9,14,18,22H,3,10-13,15H2,1-2H3,(H,26,28). The summed E-state index contributed by atoms with van der Waals surface area (Å²) in [6, 6.07) is 14.2. The van der Waals surface area contributed by atoms with Crippen LogP contribution in [0.4, 0.5) is 0 Å². The lowest BCUT2D eigenvalue weighted by molar-refractivity contribution is -0.127. The van der Waals surface area contributed by atoms with Gasteiger partial charge in [0, 0.05) is 22.5 Å². The summed E-state index contributed by atoms with van der Waals surface area (Å²) in [6.45, 7) is 6.79. The molecular weight excluding hydrogens is 391 g/mol. The van der Waals surface area contributed by atoms with Gasteiger partial charge in [0.2, 0.25) is 5.91 Å². The molecule has 150 valence electrons. The van der Waals surface area contributed by atoms with Crippen molar-refractivity contribution in [2.75, 3.05) is 13.1 Å². The van der Waals surface area contributed by atoms with Gasteiger partial charge in [-0.2, -0.15) is 0 Å². The maximum atomic E-state index is 12.8. The third-order valence-electron chi connectivity index (χ3n) is 5.57. The molecule has 28 heavy (non-hydrogen) atoms. The highest BCUT2D eigenvalue weighted by molar-refractivity contribution is 6.35. The topological polar surface area (TPSA) is 32.3 Å². The van der Waals surface area contributed by atoms with Crippen LogP contribution in [0, 0.1) is 12.8 Å². The van der Waals surface area contributed by atoms with Gasteiger partial charge in [-0.3, -0.25) is 9.69 Å². The van der Waals surface area contributed by atoms with Crippen molar-refractivity contribution in [1.29, 1.82) is 0 Å². The summed E-state index contributed by atoms with van der Waals surface area (Å²) >= 11 is 12.3. The van der Waals surface area contributed by atoms with Crippen LogP contribution in [0.25, 0.3) is 0 Å². The summed E-state index contributed by atoms with van der Waals surface area (Å²) in [5, 5.41) is 4.62. The van der Waals surface area contributed by atoms with Gasteiger partial charge in [0.1, 0.15) is 0 Å². The summed E-state index contributed by atoms with van der Waals surface area (Å²) in [6.07, 6.45) is 2.64. The van der Waals surface area contributed by atoms with Crippen LogP contribution in [0.15, 0.2) is 42.5 Å². The Balaban J connectivity index is 1.52. The minimum absolute atomic E-state index is 0.0800. The molecule has 0 aliphatic carbocycles. The Bertz CT molecular complexity index is 799. The van der Waals surface area contributed by atoms with Crippen molar-refractivity contribution in [2.45, 2.75) is 45.7 Å². The lowest BCUT2D eigenvalue weighted by atomic mass is 9.94. The molecule has 1 heterocycles. The molecule has 1 aliphatic heterocycles. The van der Waals surface area contributed by atoms with E-state index in [2.05, 4.69) is 48.3 Å². The van der Waals surface area contributed by atoms with Crippen LogP contribution in [0.3, 0.4) is 0 Å². The number of carbonyl (C=O) groups is 1. The molecule has 0 aromatic heterocycles. The Morgan fingerprint density at radius 3 is 2.43 bits per heavy atom. The Morgan fingerprint density at radius 1 is 1.14 bits per heavy atom. The van der Waals surface area contributed by atoms with Gasteiger partial charge < -0.3 is 5.32 Å². The highest BCUT2D eigenvalue weighted by Gasteiger charge is 2.26. The molecule has 1 N–H and O–H groups in total. The molecule has 3 rings (SSSR count). The minimum atomic E-state index is 0.0800. The number of carbonyl (C=O) groups excluding carboxylic acids is 1. The molecule has 1 amide bonds. The third-order valence-corrected chi connectivity index (χ3v) is 6.16. The summed E-state index contributed by atoms with van der Waals surface area (Å²) < 4.78 is 0. The normalized spacial score (nSPS) is 16.7. The lowest BCUT2D eigenvalue weighted by Crippen LogP contribution is -2.41. The number of hydrogen-bond acceptors (Lipinski definition) is 2. The zero-order valence-electron chi connectivity index (χ0n) is 16.6. The number of nitrogens with one attached hydrogen (secondary N) is 1. The maximum absolute atomic E-state index is 12.8. The molecular formula is C23H28Cl2N2O. The largest absolute Gasteiger partial charge is 0.349 e. The number of rotatable bonds is 6. The maximum Gasteiger partial charge on any atom is 0.223 e. The van der Waals surface area contributed by atoms with E-state index in [4.69, 9.17) is 23.2 Å². The first-order valence-electron chi connectivity index (χ1n) is 9.99. The molecule has 0 spiro atoms. The van der Waals surface area contributed by atoms with E-state index in [1.807, 2.05) is 12.1 Å². The monoisotopic (exact) mass is 418 g/mol. The molecule has 1 unspecified atom stereocenters. The fourth-order valence-corrected chi connectivity index (χ4v) is 4.22. The number of nitrogens with zero attached hydrogens (tertiary/aromatic N) is 1. The smallest absolute Gasteiger partial charge is 0.223 e. The first-order valence-corrected chi connectivity index (χ1v) is 10.7. The van der Waals surface area contributed by atoms with Crippen molar-refractivity contribution >= 4 is 29.1 Å². The van der Waals surface area contributed by atoms with Crippen LogP contribution in [-0.2, 0) is 11.3 Å². The van der Waals surface area contributed by atoms with Crippen LogP contribution in [0.5, 0.6) is 0 Å². The number of piperidine rings is 1. The van der Waals surface area contributed by atoms with Gasteiger partial charge >= 0.3 is 0 Å². The van der Waals surface area contributed by atoms with Crippen LogP contribution in [0.2, 0.25) is 10.0 Å². The average Bonchev–Trinajstić information content (AvgIpc) is 2.69. The number of benzene rings is 2. The second kappa shape index (κ2) is 9.78. The zero-order chi connectivity index (χ0) is 20.1. The third kappa shape index (κ3) is 5.50. The molecule has 2 aromatic rings. The van der Waals surface area contributed by atoms with Gasteiger partial charge in [0.05, 0.1) is 6.04 Å².